The smallest absolute Gasteiger partial charge is 0.270 e. The summed E-state index contributed by atoms with van der Waals surface area (Å²) in [4.78, 5) is 14.3. The minimum Gasteiger partial charge on any atom is -0.345 e. The Morgan fingerprint density at radius 2 is 2.00 bits per heavy atom. The van der Waals surface area contributed by atoms with Gasteiger partial charge in [0.15, 0.2) is 0 Å². The lowest BCUT2D eigenvalue weighted by atomic mass is 9.92. The Kier molecular flexibility index (Phi) is 4.99. The number of piperidine rings is 1. The molecule has 2 rings (SSSR count). The molecule has 2 heterocycles. The van der Waals surface area contributed by atoms with Gasteiger partial charge < -0.3 is 9.47 Å². The maximum absolute atomic E-state index is 12.5. The fourth-order valence-corrected chi connectivity index (χ4v) is 3.66. The first kappa shape index (κ1) is 16.4. The molecule has 0 atom stereocenters. The monoisotopic (exact) mass is 332 g/mol. The summed E-state index contributed by atoms with van der Waals surface area (Å²) in [5.74, 6) is 0.574. The number of amides is 1. The Labute approximate surface area is 130 Å². The highest BCUT2D eigenvalue weighted by molar-refractivity contribution is 8.13. The molecule has 1 aliphatic heterocycles. The van der Waals surface area contributed by atoms with E-state index in [-0.39, 0.29) is 10.8 Å². The number of hydrogen-bond acceptors (Lipinski definition) is 3. The van der Waals surface area contributed by atoms with Gasteiger partial charge in [-0.25, -0.2) is 8.42 Å². The van der Waals surface area contributed by atoms with Gasteiger partial charge in [0.25, 0.3) is 15.0 Å². The minimum absolute atomic E-state index is 0.0316. The first-order chi connectivity index (χ1) is 9.82. The highest BCUT2D eigenvalue weighted by Gasteiger charge is 2.26. The van der Waals surface area contributed by atoms with E-state index in [0.717, 1.165) is 25.9 Å². The van der Waals surface area contributed by atoms with Crippen molar-refractivity contribution in [3.63, 3.8) is 0 Å². The van der Waals surface area contributed by atoms with Gasteiger partial charge in [-0.1, -0.05) is 19.8 Å². The molecule has 1 saturated heterocycles. The number of nitrogens with zero attached hydrogens (tertiary/aromatic N) is 2. The summed E-state index contributed by atoms with van der Waals surface area (Å²) in [5, 5.41) is 0. The van der Waals surface area contributed by atoms with Crippen molar-refractivity contribution >= 4 is 25.6 Å². The van der Waals surface area contributed by atoms with Gasteiger partial charge in [0.1, 0.15) is 10.6 Å². The zero-order valence-electron chi connectivity index (χ0n) is 12.4. The van der Waals surface area contributed by atoms with Crippen LogP contribution in [0, 0.1) is 5.92 Å². The third kappa shape index (κ3) is 3.80. The van der Waals surface area contributed by atoms with Gasteiger partial charge in [0, 0.05) is 37.0 Å². The third-order valence-electron chi connectivity index (χ3n) is 4.08. The number of rotatable bonds is 4. The molecule has 1 aromatic rings. The molecule has 0 bridgehead atoms. The van der Waals surface area contributed by atoms with Crippen molar-refractivity contribution in [2.24, 2.45) is 13.0 Å². The Morgan fingerprint density at radius 1 is 1.38 bits per heavy atom. The molecule has 0 N–H and O–H groups in total. The van der Waals surface area contributed by atoms with E-state index in [4.69, 9.17) is 10.7 Å². The number of carbonyl (C=O) groups is 1. The fraction of sp³-hybridized carbons (Fsp3) is 0.643. The quantitative estimate of drug-likeness (QED) is 0.796. The normalized spacial score (nSPS) is 17.2. The number of hydrogen-bond donors (Lipinski definition) is 0. The number of aryl methyl sites for hydroxylation is 1. The van der Waals surface area contributed by atoms with Crippen LogP contribution in [0.3, 0.4) is 0 Å². The Hall–Kier alpha value is -1.01. The van der Waals surface area contributed by atoms with Crippen LogP contribution < -0.4 is 0 Å². The summed E-state index contributed by atoms with van der Waals surface area (Å²) in [6, 6.07) is 1.35. The Morgan fingerprint density at radius 3 is 2.48 bits per heavy atom. The molecule has 5 nitrogen and oxygen atoms in total. The van der Waals surface area contributed by atoms with E-state index in [9.17, 15) is 13.2 Å². The van der Waals surface area contributed by atoms with Crippen molar-refractivity contribution < 1.29 is 13.2 Å². The lowest BCUT2D eigenvalue weighted by Gasteiger charge is -2.32. The summed E-state index contributed by atoms with van der Waals surface area (Å²) >= 11 is 0. The Balaban J connectivity index is 2.10. The lowest BCUT2D eigenvalue weighted by Crippen LogP contribution is -2.39. The molecular formula is C14H21ClN2O3S. The van der Waals surface area contributed by atoms with Gasteiger partial charge >= 0.3 is 0 Å². The second-order valence-electron chi connectivity index (χ2n) is 5.63. The van der Waals surface area contributed by atoms with E-state index < -0.39 is 9.05 Å². The van der Waals surface area contributed by atoms with Gasteiger partial charge in [-0.3, -0.25) is 4.79 Å². The van der Waals surface area contributed by atoms with Gasteiger partial charge in [-0.2, -0.15) is 0 Å². The van der Waals surface area contributed by atoms with Crippen LogP contribution in [0.15, 0.2) is 17.2 Å². The molecule has 1 aromatic heterocycles. The van der Waals surface area contributed by atoms with Gasteiger partial charge in [-0.05, 0) is 24.8 Å². The minimum atomic E-state index is -3.80. The van der Waals surface area contributed by atoms with Crippen LogP contribution in [0.25, 0.3) is 0 Å². The van der Waals surface area contributed by atoms with E-state index in [1.807, 2.05) is 0 Å². The van der Waals surface area contributed by atoms with Crippen molar-refractivity contribution in [3.05, 3.63) is 18.0 Å². The molecule has 0 aliphatic carbocycles. The average Bonchev–Trinajstić information content (AvgIpc) is 2.81. The standard InChI is InChI=1S/C14H21ClN2O3S/c1-3-4-11-5-7-17(8-6-11)14(18)13-9-12(10-16(13)2)21(15,19)20/h9-11H,3-8H2,1-2H3. The van der Waals surface area contributed by atoms with E-state index in [1.54, 1.807) is 11.9 Å². The first-order valence-electron chi connectivity index (χ1n) is 7.23. The summed E-state index contributed by atoms with van der Waals surface area (Å²) in [6.45, 7) is 3.64. The Bertz CT molecular complexity index is 616. The van der Waals surface area contributed by atoms with Gasteiger partial charge in [0.05, 0.1) is 0 Å². The van der Waals surface area contributed by atoms with Crippen LogP contribution in [0.4, 0.5) is 0 Å². The second kappa shape index (κ2) is 6.40. The number of carbonyl (C=O) groups excluding carboxylic acids is 1. The van der Waals surface area contributed by atoms with Gasteiger partial charge in [0.2, 0.25) is 0 Å². The highest BCUT2D eigenvalue weighted by atomic mass is 35.7. The lowest BCUT2D eigenvalue weighted by molar-refractivity contribution is 0.0677. The molecule has 1 aliphatic rings. The molecular weight excluding hydrogens is 312 g/mol. The summed E-state index contributed by atoms with van der Waals surface area (Å²) in [5.41, 5.74) is 0.364. The summed E-state index contributed by atoms with van der Waals surface area (Å²) in [7, 11) is 3.17. The van der Waals surface area contributed by atoms with Crippen molar-refractivity contribution in [1.82, 2.24) is 9.47 Å². The fourth-order valence-electron chi connectivity index (χ4n) is 2.88. The maximum Gasteiger partial charge on any atom is 0.270 e. The molecule has 7 heteroatoms. The molecule has 0 aromatic carbocycles. The van der Waals surface area contributed by atoms with Crippen LogP contribution in [0.1, 0.15) is 43.1 Å². The van der Waals surface area contributed by atoms with E-state index in [1.165, 1.54) is 29.7 Å². The third-order valence-corrected chi connectivity index (χ3v) is 5.40. The van der Waals surface area contributed by atoms with Crippen molar-refractivity contribution in [1.29, 1.82) is 0 Å². The van der Waals surface area contributed by atoms with E-state index in [2.05, 4.69) is 6.92 Å². The average molecular weight is 333 g/mol. The molecule has 118 valence electrons. The zero-order valence-corrected chi connectivity index (χ0v) is 14.0. The molecule has 21 heavy (non-hydrogen) atoms. The topological polar surface area (TPSA) is 59.4 Å². The number of aromatic nitrogens is 1. The molecule has 0 spiro atoms. The van der Waals surface area contributed by atoms with Crippen molar-refractivity contribution in [2.45, 2.75) is 37.5 Å². The molecule has 1 fully saturated rings. The van der Waals surface area contributed by atoms with Crippen LogP contribution in [-0.4, -0.2) is 36.9 Å². The zero-order chi connectivity index (χ0) is 15.6. The number of halogens is 1. The van der Waals surface area contributed by atoms with Crippen LogP contribution >= 0.6 is 10.7 Å². The SMILES string of the molecule is CCCC1CCN(C(=O)c2cc(S(=O)(=O)Cl)cn2C)CC1. The molecule has 0 unspecified atom stereocenters. The van der Waals surface area contributed by atoms with Crippen LogP contribution in [0.2, 0.25) is 0 Å². The first-order valence-corrected chi connectivity index (χ1v) is 9.54. The van der Waals surface area contributed by atoms with Crippen LogP contribution in [-0.2, 0) is 16.1 Å². The maximum atomic E-state index is 12.5. The van der Waals surface area contributed by atoms with E-state index in [0.29, 0.717) is 11.6 Å². The van der Waals surface area contributed by atoms with Crippen molar-refractivity contribution in [3.8, 4) is 0 Å². The number of likely N-dealkylation sites (tertiary alicyclic amines) is 1. The molecule has 0 radical (unpaired) electrons. The van der Waals surface area contributed by atoms with E-state index >= 15 is 0 Å². The van der Waals surface area contributed by atoms with Gasteiger partial charge in [-0.15, -0.1) is 0 Å². The predicted octanol–water partition coefficient (Wildman–Crippen LogP) is 2.60. The van der Waals surface area contributed by atoms with Crippen LogP contribution in [0.5, 0.6) is 0 Å². The highest BCUT2D eigenvalue weighted by Crippen LogP contribution is 2.24. The summed E-state index contributed by atoms with van der Waals surface area (Å²) in [6.07, 6.45) is 5.79. The largest absolute Gasteiger partial charge is 0.345 e. The molecule has 1 amide bonds. The predicted molar refractivity (Wildman–Crippen MR) is 82.0 cm³/mol. The summed E-state index contributed by atoms with van der Waals surface area (Å²) < 4.78 is 24.2. The van der Waals surface area contributed by atoms with Crippen molar-refractivity contribution in [2.75, 3.05) is 13.1 Å². The molecule has 0 saturated carbocycles. The second-order valence-corrected chi connectivity index (χ2v) is 8.20.